The van der Waals surface area contributed by atoms with Crippen LogP contribution in [0.15, 0.2) is 63.0 Å². The Morgan fingerprint density at radius 2 is 1.81 bits per heavy atom. The van der Waals surface area contributed by atoms with Gasteiger partial charge in [0, 0.05) is 16.8 Å². The van der Waals surface area contributed by atoms with E-state index in [-0.39, 0.29) is 5.69 Å². The van der Waals surface area contributed by atoms with Gasteiger partial charge >= 0.3 is 5.69 Å². The van der Waals surface area contributed by atoms with Crippen molar-refractivity contribution in [1.29, 1.82) is 0 Å². The first-order chi connectivity index (χ1) is 15.6. The second-order valence-electron chi connectivity index (χ2n) is 7.25. The molecule has 0 spiro atoms. The number of rotatable bonds is 9. The molecule has 2 heterocycles. The molecule has 0 atom stereocenters. The summed E-state index contributed by atoms with van der Waals surface area (Å²) < 4.78 is 7.89. The molecule has 0 fully saturated rings. The summed E-state index contributed by atoms with van der Waals surface area (Å²) in [6.07, 6.45) is 1.01. The van der Waals surface area contributed by atoms with E-state index < -0.39 is 0 Å². The van der Waals surface area contributed by atoms with E-state index in [9.17, 15) is 4.79 Å². The third-order valence-electron chi connectivity index (χ3n) is 4.91. The molecule has 2 aromatic heterocycles. The summed E-state index contributed by atoms with van der Waals surface area (Å²) in [5.74, 6) is 2.34. The Labute approximate surface area is 198 Å². The zero-order valence-electron chi connectivity index (χ0n) is 17.9. The molecular formula is C23H24BrN5O2S. The van der Waals surface area contributed by atoms with Crippen LogP contribution in [0.1, 0.15) is 24.5 Å². The van der Waals surface area contributed by atoms with Crippen LogP contribution in [-0.2, 0) is 13.1 Å². The van der Waals surface area contributed by atoms with Crippen molar-refractivity contribution in [2.24, 2.45) is 0 Å². The molecule has 7 nitrogen and oxygen atoms in total. The number of hydrogen-bond donors (Lipinski definition) is 2. The third-order valence-corrected chi connectivity index (χ3v) is 6.49. The van der Waals surface area contributed by atoms with Gasteiger partial charge in [0.1, 0.15) is 11.3 Å². The number of aromatic amines is 1. The second kappa shape index (κ2) is 10.2. The van der Waals surface area contributed by atoms with Crippen molar-refractivity contribution in [2.45, 2.75) is 31.6 Å². The van der Waals surface area contributed by atoms with Crippen LogP contribution in [0.2, 0.25) is 0 Å². The number of imidazole rings is 1. The molecule has 0 unspecified atom stereocenters. The van der Waals surface area contributed by atoms with E-state index in [0.717, 1.165) is 33.5 Å². The lowest BCUT2D eigenvalue weighted by Gasteiger charge is -2.10. The van der Waals surface area contributed by atoms with Gasteiger partial charge in [-0.05, 0) is 41.8 Å². The molecule has 0 radical (unpaired) electrons. The zero-order chi connectivity index (χ0) is 22.5. The monoisotopic (exact) mass is 513 g/mol. The summed E-state index contributed by atoms with van der Waals surface area (Å²) >= 11 is 5.04. The second-order valence-corrected chi connectivity index (χ2v) is 9.22. The van der Waals surface area contributed by atoms with E-state index in [1.165, 1.54) is 0 Å². The summed E-state index contributed by atoms with van der Waals surface area (Å²) in [4.78, 5) is 25.2. The van der Waals surface area contributed by atoms with Gasteiger partial charge in [0.05, 0.1) is 13.7 Å². The molecule has 0 saturated carbocycles. The van der Waals surface area contributed by atoms with Gasteiger partial charge in [0.15, 0.2) is 16.6 Å². The van der Waals surface area contributed by atoms with Crippen molar-refractivity contribution in [3.8, 4) is 5.75 Å². The minimum atomic E-state index is -0.206. The van der Waals surface area contributed by atoms with Crippen LogP contribution in [-0.4, -0.2) is 32.4 Å². The molecule has 2 N–H and O–H groups in total. The van der Waals surface area contributed by atoms with E-state index in [4.69, 9.17) is 9.72 Å². The highest BCUT2D eigenvalue weighted by Gasteiger charge is 2.16. The Kier molecular flexibility index (Phi) is 7.16. The summed E-state index contributed by atoms with van der Waals surface area (Å²) in [6.45, 7) is 3.11. The Balaban J connectivity index is 1.68. The number of benzene rings is 2. The number of nitrogens with one attached hydrogen (secondary N) is 2. The van der Waals surface area contributed by atoms with Crippen LogP contribution >= 0.6 is 27.7 Å². The number of aromatic nitrogens is 4. The predicted octanol–water partition coefficient (Wildman–Crippen LogP) is 5.05. The van der Waals surface area contributed by atoms with Crippen molar-refractivity contribution in [1.82, 2.24) is 19.5 Å². The number of thioether (sulfide) groups is 1. The maximum Gasteiger partial charge on any atom is 0.328 e. The van der Waals surface area contributed by atoms with E-state index in [1.807, 2.05) is 48.5 Å². The van der Waals surface area contributed by atoms with Gasteiger partial charge in [0.25, 0.3) is 0 Å². The summed E-state index contributed by atoms with van der Waals surface area (Å²) in [5.41, 5.74) is 3.11. The average molecular weight is 514 g/mol. The standard InChI is InChI=1S/C23H24BrN5O2S/c1-3-12-32-22-27-20(25-13-15-6-10-18(31-2)11-7-15)19-21(28-22)29(23(30)26-19)14-16-4-8-17(24)9-5-16/h4-11H,3,12-14H2,1-2H3,(H,26,30)(H,25,27,28). The highest BCUT2D eigenvalue weighted by Crippen LogP contribution is 2.24. The lowest BCUT2D eigenvalue weighted by Crippen LogP contribution is -2.17. The minimum Gasteiger partial charge on any atom is -0.497 e. The maximum absolute atomic E-state index is 12.8. The molecule has 2 aromatic carbocycles. The first-order valence-corrected chi connectivity index (χ1v) is 12.1. The molecule has 0 amide bonds. The first-order valence-electron chi connectivity index (χ1n) is 10.3. The van der Waals surface area contributed by atoms with Gasteiger partial charge in [-0.2, -0.15) is 0 Å². The number of ether oxygens (including phenoxy) is 1. The summed E-state index contributed by atoms with van der Waals surface area (Å²) in [6, 6.07) is 15.8. The third kappa shape index (κ3) is 5.16. The highest BCUT2D eigenvalue weighted by atomic mass is 79.9. The first kappa shape index (κ1) is 22.4. The van der Waals surface area contributed by atoms with Gasteiger partial charge in [-0.15, -0.1) is 0 Å². The fraction of sp³-hybridized carbons (Fsp3) is 0.261. The molecule has 166 valence electrons. The van der Waals surface area contributed by atoms with Gasteiger partial charge in [-0.25, -0.2) is 14.8 Å². The normalized spacial score (nSPS) is 11.1. The topological polar surface area (TPSA) is 84.8 Å². The van der Waals surface area contributed by atoms with E-state index in [1.54, 1.807) is 23.4 Å². The minimum absolute atomic E-state index is 0.206. The molecule has 0 aliphatic heterocycles. The van der Waals surface area contributed by atoms with E-state index in [0.29, 0.717) is 35.2 Å². The van der Waals surface area contributed by atoms with Crippen molar-refractivity contribution < 1.29 is 4.74 Å². The zero-order valence-corrected chi connectivity index (χ0v) is 20.3. The number of fused-ring (bicyclic) bond motifs is 1. The van der Waals surface area contributed by atoms with Crippen molar-refractivity contribution in [2.75, 3.05) is 18.2 Å². The van der Waals surface area contributed by atoms with Crippen LogP contribution in [0.3, 0.4) is 0 Å². The Hall–Kier alpha value is -2.78. The molecule has 4 rings (SSSR count). The molecule has 0 aliphatic rings. The van der Waals surface area contributed by atoms with Crippen LogP contribution in [0.5, 0.6) is 5.75 Å². The van der Waals surface area contributed by atoms with Crippen molar-refractivity contribution in [3.63, 3.8) is 0 Å². The fourth-order valence-electron chi connectivity index (χ4n) is 3.24. The van der Waals surface area contributed by atoms with Crippen LogP contribution in [0, 0.1) is 0 Å². The molecule has 9 heteroatoms. The lowest BCUT2D eigenvalue weighted by molar-refractivity contribution is 0.414. The van der Waals surface area contributed by atoms with E-state index in [2.05, 4.69) is 38.1 Å². The number of H-pyrrole nitrogens is 1. The molecule has 0 aliphatic carbocycles. The van der Waals surface area contributed by atoms with Crippen molar-refractivity contribution >= 4 is 44.7 Å². The Morgan fingerprint density at radius 1 is 1.09 bits per heavy atom. The predicted molar refractivity (Wildman–Crippen MR) is 133 cm³/mol. The number of methoxy groups -OCH3 is 1. The van der Waals surface area contributed by atoms with Gasteiger partial charge in [-0.3, -0.25) is 4.57 Å². The molecular weight excluding hydrogens is 490 g/mol. The highest BCUT2D eigenvalue weighted by molar-refractivity contribution is 9.10. The van der Waals surface area contributed by atoms with Gasteiger partial charge < -0.3 is 15.0 Å². The maximum atomic E-state index is 12.8. The summed E-state index contributed by atoms with van der Waals surface area (Å²) in [5, 5.41) is 4.03. The summed E-state index contributed by atoms with van der Waals surface area (Å²) in [7, 11) is 1.65. The number of nitrogens with zero attached hydrogens (tertiary/aromatic N) is 3. The van der Waals surface area contributed by atoms with Crippen LogP contribution in [0.4, 0.5) is 5.82 Å². The van der Waals surface area contributed by atoms with E-state index >= 15 is 0 Å². The Bertz CT molecular complexity index is 1250. The Morgan fingerprint density at radius 3 is 2.50 bits per heavy atom. The molecule has 32 heavy (non-hydrogen) atoms. The van der Waals surface area contributed by atoms with Crippen LogP contribution in [0.25, 0.3) is 11.2 Å². The average Bonchev–Trinajstić information content (AvgIpc) is 3.13. The molecule has 0 bridgehead atoms. The van der Waals surface area contributed by atoms with Gasteiger partial charge in [0.2, 0.25) is 0 Å². The van der Waals surface area contributed by atoms with Crippen molar-refractivity contribution in [3.05, 3.63) is 74.6 Å². The number of halogens is 1. The SMILES string of the molecule is CCCSc1nc(NCc2ccc(OC)cc2)c2[nH]c(=O)n(Cc3ccc(Br)cc3)c2n1. The van der Waals surface area contributed by atoms with Gasteiger partial charge in [-0.1, -0.05) is 58.9 Å². The quantitative estimate of drug-likeness (QED) is 0.240. The molecule has 4 aromatic rings. The van der Waals surface area contributed by atoms with Crippen LogP contribution < -0.4 is 15.7 Å². The fourth-order valence-corrected chi connectivity index (χ4v) is 4.20. The number of hydrogen-bond acceptors (Lipinski definition) is 6. The smallest absolute Gasteiger partial charge is 0.328 e. The largest absolute Gasteiger partial charge is 0.497 e. The molecule has 0 saturated heterocycles. The number of anilines is 1. The lowest BCUT2D eigenvalue weighted by atomic mass is 10.2.